The quantitative estimate of drug-likeness (QED) is 0.463. The van der Waals surface area contributed by atoms with Gasteiger partial charge in [-0.25, -0.2) is 8.42 Å². The molecule has 0 aromatic heterocycles. The zero-order valence-corrected chi connectivity index (χ0v) is 18.8. The van der Waals surface area contributed by atoms with Gasteiger partial charge in [-0.1, -0.05) is 70.0 Å². The number of sulfone groups is 1. The molecule has 0 aliphatic rings. The van der Waals surface area contributed by atoms with Crippen LogP contribution in [-0.2, 0) is 20.4 Å². The molecule has 0 heterocycles. The first kappa shape index (κ1) is 22.2. The number of halogens is 2. The summed E-state index contributed by atoms with van der Waals surface area (Å²) in [5.74, 6) is -2.05. The fraction of sp³-hybridized carbons (Fsp3) is 0.0909. The second kappa shape index (κ2) is 9.55. The minimum Gasteiger partial charge on any atom is -0.325 e. The molecule has 0 radical (unpaired) electrons. The molecular formula is C22H17BrClNO4S. The minimum atomic E-state index is -3.68. The van der Waals surface area contributed by atoms with Gasteiger partial charge in [-0.15, -0.1) is 0 Å². The first-order chi connectivity index (χ1) is 14.2. The van der Waals surface area contributed by atoms with E-state index in [4.69, 9.17) is 11.6 Å². The maximum atomic E-state index is 13.0. The van der Waals surface area contributed by atoms with Crippen molar-refractivity contribution in [1.82, 2.24) is 0 Å². The molecule has 0 spiro atoms. The van der Waals surface area contributed by atoms with E-state index in [-0.39, 0.29) is 33.4 Å². The van der Waals surface area contributed by atoms with E-state index in [0.717, 1.165) is 0 Å². The highest BCUT2D eigenvalue weighted by atomic mass is 79.9. The highest BCUT2D eigenvalue weighted by Gasteiger charge is 2.21. The lowest BCUT2D eigenvalue weighted by molar-refractivity contribution is -0.113. The van der Waals surface area contributed by atoms with Gasteiger partial charge in [0, 0.05) is 15.6 Å². The van der Waals surface area contributed by atoms with Gasteiger partial charge >= 0.3 is 0 Å². The monoisotopic (exact) mass is 505 g/mol. The van der Waals surface area contributed by atoms with E-state index in [1.165, 1.54) is 6.07 Å². The first-order valence-electron chi connectivity index (χ1n) is 8.88. The molecule has 0 atom stereocenters. The maximum Gasteiger partial charge on any atom is 0.239 e. The Hall–Kier alpha value is -2.48. The molecule has 1 N–H and O–H groups in total. The summed E-state index contributed by atoms with van der Waals surface area (Å²) in [6.07, 6.45) is 0. The average Bonchev–Trinajstić information content (AvgIpc) is 2.69. The van der Waals surface area contributed by atoms with Gasteiger partial charge in [0.05, 0.1) is 16.5 Å². The van der Waals surface area contributed by atoms with Gasteiger partial charge in [-0.2, -0.15) is 0 Å². The summed E-state index contributed by atoms with van der Waals surface area (Å²) in [6.45, 7) is 0. The molecule has 0 aliphatic carbocycles. The summed E-state index contributed by atoms with van der Waals surface area (Å²) in [7, 11) is -3.68. The van der Waals surface area contributed by atoms with Crippen LogP contribution in [0.4, 0.5) is 5.69 Å². The molecule has 30 heavy (non-hydrogen) atoms. The number of hydrogen-bond donors (Lipinski definition) is 1. The third kappa shape index (κ3) is 5.78. The number of amides is 1. The summed E-state index contributed by atoms with van der Waals surface area (Å²) in [5.41, 5.74) is 1.29. The van der Waals surface area contributed by atoms with Crippen molar-refractivity contribution in [3.05, 3.63) is 99.0 Å². The van der Waals surface area contributed by atoms with Crippen LogP contribution >= 0.6 is 27.5 Å². The minimum absolute atomic E-state index is 0.200. The van der Waals surface area contributed by atoms with Crippen LogP contribution in [-0.4, -0.2) is 25.9 Å². The van der Waals surface area contributed by atoms with Gasteiger partial charge in [0.15, 0.2) is 15.6 Å². The molecule has 3 aromatic rings. The third-order valence-electron chi connectivity index (χ3n) is 4.20. The lowest BCUT2D eigenvalue weighted by atomic mass is 10.0. The molecule has 3 rings (SSSR count). The van der Waals surface area contributed by atoms with Crippen molar-refractivity contribution in [3.63, 3.8) is 0 Å². The molecule has 0 saturated heterocycles. The Kier molecular flexibility index (Phi) is 7.07. The van der Waals surface area contributed by atoms with Crippen LogP contribution in [0.1, 0.15) is 21.5 Å². The number of benzene rings is 3. The van der Waals surface area contributed by atoms with Gasteiger partial charge in [-0.3, -0.25) is 9.59 Å². The van der Waals surface area contributed by atoms with Crippen molar-refractivity contribution < 1.29 is 18.0 Å². The highest BCUT2D eigenvalue weighted by molar-refractivity contribution is 9.10. The van der Waals surface area contributed by atoms with E-state index in [0.29, 0.717) is 10.0 Å². The summed E-state index contributed by atoms with van der Waals surface area (Å²) in [6, 6.07) is 19.9. The molecule has 1 amide bonds. The predicted octanol–water partition coefficient (Wildman–Crippen LogP) is 4.89. The van der Waals surface area contributed by atoms with Crippen molar-refractivity contribution in [2.75, 3.05) is 11.1 Å². The molecule has 0 fully saturated rings. The second-order valence-corrected chi connectivity index (χ2v) is 9.95. The second-order valence-electron chi connectivity index (χ2n) is 6.56. The van der Waals surface area contributed by atoms with E-state index in [2.05, 4.69) is 21.2 Å². The predicted molar refractivity (Wildman–Crippen MR) is 122 cm³/mol. The number of carbonyl (C=O) groups is 2. The van der Waals surface area contributed by atoms with Gasteiger partial charge in [0.2, 0.25) is 5.91 Å². The Morgan fingerprint density at radius 2 is 1.57 bits per heavy atom. The third-order valence-corrected chi connectivity index (χ3v) is 6.50. The van der Waals surface area contributed by atoms with Crippen LogP contribution in [0.5, 0.6) is 0 Å². The van der Waals surface area contributed by atoms with E-state index < -0.39 is 21.5 Å². The lowest BCUT2D eigenvalue weighted by Crippen LogP contribution is -2.25. The van der Waals surface area contributed by atoms with E-state index in [1.54, 1.807) is 66.7 Å². The van der Waals surface area contributed by atoms with E-state index in [1.807, 2.05) is 0 Å². The Labute approximate surface area is 188 Å². The van der Waals surface area contributed by atoms with Gasteiger partial charge in [-0.05, 0) is 35.9 Å². The van der Waals surface area contributed by atoms with Gasteiger partial charge < -0.3 is 5.32 Å². The Morgan fingerprint density at radius 1 is 0.900 bits per heavy atom. The molecule has 0 saturated carbocycles. The smallest absolute Gasteiger partial charge is 0.239 e. The fourth-order valence-electron chi connectivity index (χ4n) is 2.87. The lowest BCUT2D eigenvalue weighted by Gasteiger charge is -2.12. The summed E-state index contributed by atoms with van der Waals surface area (Å²) in [5, 5.41) is 2.83. The van der Waals surface area contributed by atoms with Gasteiger partial charge in [0.1, 0.15) is 5.75 Å². The molecule has 0 bridgehead atoms. The number of hydrogen-bond acceptors (Lipinski definition) is 4. The average molecular weight is 507 g/mol. The number of rotatable bonds is 7. The molecule has 5 nitrogen and oxygen atoms in total. The molecule has 8 heteroatoms. The molecule has 3 aromatic carbocycles. The largest absolute Gasteiger partial charge is 0.325 e. The van der Waals surface area contributed by atoms with Crippen LogP contribution in [0, 0.1) is 0 Å². The van der Waals surface area contributed by atoms with Crippen LogP contribution in [0.15, 0.2) is 77.3 Å². The topological polar surface area (TPSA) is 80.3 Å². The molecule has 154 valence electrons. The van der Waals surface area contributed by atoms with E-state index >= 15 is 0 Å². The fourth-order valence-corrected chi connectivity index (χ4v) is 4.73. The molecule has 0 unspecified atom stereocenters. The standard InChI is InChI=1S/C22H17BrClNO4S/c23-16-10-11-20(18(12-16)22(27)17-8-4-5-9-19(17)24)25-21(26)14-30(28,29)13-15-6-2-1-3-7-15/h1-12H,13-14H2,(H,25,26). The zero-order chi connectivity index (χ0) is 21.7. The Balaban J connectivity index is 1.80. The molecule has 0 aliphatic heterocycles. The number of ketones is 1. The van der Waals surface area contributed by atoms with Crippen molar-refractivity contribution in [2.24, 2.45) is 0 Å². The SMILES string of the molecule is O=C(CS(=O)(=O)Cc1ccccc1)Nc1ccc(Br)cc1C(=O)c1ccccc1Cl. The maximum absolute atomic E-state index is 13.0. The van der Waals surface area contributed by atoms with Crippen molar-refractivity contribution in [2.45, 2.75) is 5.75 Å². The Bertz CT molecular complexity index is 1200. The number of nitrogens with one attached hydrogen (secondary N) is 1. The highest BCUT2D eigenvalue weighted by Crippen LogP contribution is 2.27. The van der Waals surface area contributed by atoms with Crippen molar-refractivity contribution >= 4 is 54.7 Å². The van der Waals surface area contributed by atoms with Crippen LogP contribution in [0.3, 0.4) is 0 Å². The summed E-state index contributed by atoms with van der Waals surface area (Å²) < 4.78 is 25.4. The van der Waals surface area contributed by atoms with Crippen LogP contribution in [0.2, 0.25) is 5.02 Å². The van der Waals surface area contributed by atoms with Crippen molar-refractivity contribution in [3.8, 4) is 0 Å². The van der Waals surface area contributed by atoms with Gasteiger partial charge in [0.25, 0.3) is 0 Å². The number of carbonyl (C=O) groups excluding carboxylic acids is 2. The normalized spacial score (nSPS) is 11.1. The summed E-state index contributed by atoms with van der Waals surface area (Å²) >= 11 is 9.45. The van der Waals surface area contributed by atoms with E-state index in [9.17, 15) is 18.0 Å². The zero-order valence-electron chi connectivity index (χ0n) is 15.6. The van der Waals surface area contributed by atoms with Crippen LogP contribution in [0.25, 0.3) is 0 Å². The van der Waals surface area contributed by atoms with Crippen LogP contribution < -0.4 is 5.32 Å². The molecular weight excluding hydrogens is 490 g/mol. The van der Waals surface area contributed by atoms with Crippen molar-refractivity contribution in [1.29, 1.82) is 0 Å². The first-order valence-corrected chi connectivity index (χ1v) is 11.9. The summed E-state index contributed by atoms with van der Waals surface area (Å²) in [4.78, 5) is 25.4. The Morgan fingerprint density at radius 3 is 2.27 bits per heavy atom. The number of anilines is 1.